The number of amides is 1. The van der Waals surface area contributed by atoms with Gasteiger partial charge in [0.2, 0.25) is 5.91 Å². The van der Waals surface area contributed by atoms with Gasteiger partial charge in [-0.1, -0.05) is 23.7 Å². The van der Waals surface area contributed by atoms with Gasteiger partial charge in [0.25, 0.3) is 0 Å². The maximum Gasteiger partial charge on any atom is 0.241 e. The molecule has 1 aliphatic heterocycles. The number of piperidine rings is 1. The van der Waals surface area contributed by atoms with Gasteiger partial charge < -0.3 is 10.6 Å². The molecule has 1 aromatic carbocycles. The van der Waals surface area contributed by atoms with Gasteiger partial charge in [0.15, 0.2) is 14.6 Å². The molecule has 0 radical (unpaired) electrons. The van der Waals surface area contributed by atoms with Gasteiger partial charge in [-0.2, -0.15) is 0 Å². The molecule has 0 aromatic heterocycles. The number of hydrogen-bond donors (Lipinski definition) is 2. The predicted octanol–water partition coefficient (Wildman–Crippen LogP) is 1.12. The summed E-state index contributed by atoms with van der Waals surface area (Å²) in [5.41, 5.74) is 0.880. The van der Waals surface area contributed by atoms with E-state index in [1.807, 2.05) is 0 Å². The van der Waals surface area contributed by atoms with E-state index < -0.39 is 20.5 Å². The molecule has 7 heteroatoms. The number of halogens is 1. The van der Waals surface area contributed by atoms with E-state index >= 15 is 0 Å². The van der Waals surface area contributed by atoms with E-state index in [1.165, 1.54) is 0 Å². The molecule has 1 fully saturated rings. The van der Waals surface area contributed by atoms with Crippen LogP contribution in [0.3, 0.4) is 0 Å². The van der Waals surface area contributed by atoms with Gasteiger partial charge in [-0.3, -0.25) is 4.79 Å². The summed E-state index contributed by atoms with van der Waals surface area (Å²) in [7, 11) is -3.47. The van der Waals surface area contributed by atoms with Crippen molar-refractivity contribution in [3.8, 4) is 0 Å². The molecule has 0 saturated carbocycles. The Morgan fingerprint density at radius 3 is 2.38 bits per heavy atom. The zero-order valence-electron chi connectivity index (χ0n) is 11.9. The lowest BCUT2D eigenvalue weighted by Crippen LogP contribution is -2.57. The predicted molar refractivity (Wildman–Crippen MR) is 83.0 cm³/mol. The molecular formula is C14H19ClN2O3S. The van der Waals surface area contributed by atoms with E-state index in [-0.39, 0.29) is 0 Å². The van der Waals surface area contributed by atoms with Crippen LogP contribution in [-0.2, 0) is 21.2 Å². The fraction of sp³-hybridized carbons (Fsp3) is 0.500. The van der Waals surface area contributed by atoms with Crippen LogP contribution >= 0.6 is 11.6 Å². The first-order valence-electron chi connectivity index (χ1n) is 6.78. The average Bonchev–Trinajstić information content (AvgIpc) is 2.46. The molecule has 1 heterocycles. The number of nitrogens with one attached hydrogen (secondary N) is 2. The first-order valence-corrected chi connectivity index (χ1v) is 9.05. The molecule has 1 saturated heterocycles. The zero-order valence-corrected chi connectivity index (χ0v) is 13.4. The van der Waals surface area contributed by atoms with E-state index in [2.05, 4.69) is 10.6 Å². The lowest BCUT2D eigenvalue weighted by atomic mass is 9.95. The fourth-order valence-electron chi connectivity index (χ4n) is 2.54. The van der Waals surface area contributed by atoms with Crippen LogP contribution in [0.15, 0.2) is 24.3 Å². The van der Waals surface area contributed by atoms with Crippen molar-refractivity contribution in [2.75, 3.05) is 19.3 Å². The highest BCUT2D eigenvalue weighted by atomic mass is 35.5. The van der Waals surface area contributed by atoms with Crippen molar-refractivity contribution >= 4 is 27.3 Å². The molecule has 1 aromatic rings. The normalized spacial score (nSPS) is 18.2. The quantitative estimate of drug-likeness (QED) is 0.867. The van der Waals surface area contributed by atoms with Crippen molar-refractivity contribution in [2.45, 2.75) is 24.1 Å². The number of sulfone groups is 1. The summed E-state index contributed by atoms with van der Waals surface area (Å²) in [5.74, 6) is -0.415. The fourth-order valence-corrected chi connectivity index (χ4v) is 4.02. The van der Waals surface area contributed by atoms with Crippen molar-refractivity contribution in [3.63, 3.8) is 0 Å². The number of rotatable bonds is 4. The minimum atomic E-state index is -3.47. The van der Waals surface area contributed by atoms with Crippen LogP contribution in [0, 0.1) is 0 Å². The number of carbonyl (C=O) groups excluding carboxylic acids is 1. The van der Waals surface area contributed by atoms with Crippen molar-refractivity contribution in [2.24, 2.45) is 0 Å². The van der Waals surface area contributed by atoms with Gasteiger partial charge in [0.05, 0.1) is 0 Å². The second kappa shape index (κ2) is 6.34. The SMILES string of the molecule is CS(=O)(=O)C1(C(=O)NCc2ccc(Cl)cc2)CCNCC1. The zero-order chi connectivity index (χ0) is 15.5. The van der Waals surface area contributed by atoms with E-state index in [0.29, 0.717) is 37.5 Å². The van der Waals surface area contributed by atoms with Gasteiger partial charge in [-0.15, -0.1) is 0 Å². The lowest BCUT2D eigenvalue weighted by Gasteiger charge is -2.34. The van der Waals surface area contributed by atoms with Crippen LogP contribution in [-0.4, -0.2) is 38.4 Å². The monoisotopic (exact) mass is 330 g/mol. The summed E-state index contributed by atoms with van der Waals surface area (Å²) in [5, 5.41) is 6.46. The molecule has 116 valence electrons. The Morgan fingerprint density at radius 2 is 1.86 bits per heavy atom. The molecule has 0 aliphatic carbocycles. The Bertz CT molecular complexity index is 608. The van der Waals surface area contributed by atoms with Gasteiger partial charge in [0.1, 0.15) is 0 Å². The standard InChI is InChI=1S/C14H19ClN2O3S/c1-21(19,20)14(6-8-16-9-7-14)13(18)17-10-11-2-4-12(15)5-3-11/h2-5,16H,6-10H2,1H3,(H,17,18). The second-order valence-electron chi connectivity index (χ2n) is 5.33. The van der Waals surface area contributed by atoms with E-state index in [1.54, 1.807) is 24.3 Å². The summed E-state index contributed by atoms with van der Waals surface area (Å²) < 4.78 is 22.9. The number of hydrogen-bond acceptors (Lipinski definition) is 4. The topological polar surface area (TPSA) is 75.3 Å². The van der Waals surface area contributed by atoms with Crippen LogP contribution in [0.5, 0.6) is 0 Å². The molecule has 1 amide bonds. The van der Waals surface area contributed by atoms with Gasteiger partial charge in [-0.25, -0.2) is 8.42 Å². The smallest absolute Gasteiger partial charge is 0.241 e. The van der Waals surface area contributed by atoms with Gasteiger partial charge >= 0.3 is 0 Å². The number of carbonyl (C=O) groups is 1. The summed E-state index contributed by atoms with van der Waals surface area (Å²) in [4.78, 5) is 12.5. The Morgan fingerprint density at radius 1 is 1.29 bits per heavy atom. The Hall–Kier alpha value is -1.11. The Kier molecular flexibility index (Phi) is 4.91. The van der Waals surface area contributed by atoms with E-state index in [9.17, 15) is 13.2 Å². The summed E-state index contributed by atoms with van der Waals surface area (Å²) >= 11 is 5.80. The molecule has 1 aliphatic rings. The molecule has 21 heavy (non-hydrogen) atoms. The minimum absolute atomic E-state index is 0.292. The van der Waals surface area contributed by atoms with Crippen LogP contribution in [0.2, 0.25) is 5.02 Å². The van der Waals surface area contributed by atoms with Crippen LogP contribution in [0.1, 0.15) is 18.4 Å². The summed E-state index contributed by atoms with van der Waals surface area (Å²) in [6.45, 7) is 1.35. The first kappa shape index (κ1) is 16.3. The van der Waals surface area contributed by atoms with E-state index in [4.69, 9.17) is 11.6 Å². The molecule has 2 rings (SSSR count). The highest BCUT2D eigenvalue weighted by molar-refractivity contribution is 7.92. The lowest BCUT2D eigenvalue weighted by molar-refractivity contribution is -0.124. The van der Waals surface area contributed by atoms with Crippen molar-refractivity contribution in [3.05, 3.63) is 34.9 Å². The molecule has 0 bridgehead atoms. The van der Waals surface area contributed by atoms with Gasteiger partial charge in [-0.05, 0) is 43.6 Å². The molecule has 0 spiro atoms. The highest BCUT2D eigenvalue weighted by Crippen LogP contribution is 2.28. The van der Waals surface area contributed by atoms with Crippen LogP contribution in [0.4, 0.5) is 0 Å². The molecule has 0 atom stereocenters. The van der Waals surface area contributed by atoms with Gasteiger partial charge in [0, 0.05) is 17.8 Å². The first-order chi connectivity index (χ1) is 9.85. The van der Waals surface area contributed by atoms with Crippen molar-refractivity contribution < 1.29 is 13.2 Å². The molecular weight excluding hydrogens is 312 g/mol. The third-order valence-corrected chi connectivity index (χ3v) is 6.17. The highest BCUT2D eigenvalue weighted by Gasteiger charge is 2.48. The molecule has 2 N–H and O–H groups in total. The molecule has 0 unspecified atom stereocenters. The van der Waals surface area contributed by atoms with Crippen LogP contribution in [0.25, 0.3) is 0 Å². The number of benzene rings is 1. The summed E-state index contributed by atoms with van der Waals surface area (Å²) in [6, 6.07) is 7.08. The third-order valence-electron chi connectivity index (χ3n) is 3.90. The Labute approximate surface area is 130 Å². The summed E-state index contributed by atoms with van der Waals surface area (Å²) in [6.07, 6.45) is 1.75. The largest absolute Gasteiger partial charge is 0.351 e. The van der Waals surface area contributed by atoms with E-state index in [0.717, 1.165) is 11.8 Å². The second-order valence-corrected chi connectivity index (χ2v) is 8.09. The van der Waals surface area contributed by atoms with Crippen LogP contribution < -0.4 is 10.6 Å². The minimum Gasteiger partial charge on any atom is -0.351 e. The third kappa shape index (κ3) is 3.56. The van der Waals surface area contributed by atoms with Crippen molar-refractivity contribution in [1.29, 1.82) is 0 Å². The maximum absolute atomic E-state index is 12.5. The Balaban J connectivity index is 2.11. The average molecular weight is 331 g/mol. The van der Waals surface area contributed by atoms with Crippen molar-refractivity contribution in [1.82, 2.24) is 10.6 Å². The maximum atomic E-state index is 12.5. The molecule has 5 nitrogen and oxygen atoms in total.